The number of benzene rings is 4. The molecule has 0 aliphatic carbocycles. The van der Waals surface area contributed by atoms with Gasteiger partial charge in [-0.3, -0.25) is 0 Å². The summed E-state index contributed by atoms with van der Waals surface area (Å²) in [4.78, 5) is 0. The van der Waals surface area contributed by atoms with E-state index in [-0.39, 0.29) is 10.8 Å². The normalized spacial score (nSPS) is 23.9. The maximum Gasteiger partial charge on any atom is 0.0198 e. The first-order valence-electron chi connectivity index (χ1n) is 15.0. The van der Waals surface area contributed by atoms with Crippen molar-refractivity contribution in [2.24, 2.45) is 10.8 Å². The molecule has 2 heteroatoms. The monoisotopic (exact) mass is 580 g/mol. The quantitative estimate of drug-likeness (QED) is 0.206. The lowest BCUT2D eigenvalue weighted by Gasteiger charge is -2.41. The second-order valence-corrected chi connectivity index (χ2v) is 15.9. The Bertz CT molecular complexity index is 1790. The number of allylic oxidation sites excluding steroid dienone is 6. The second kappa shape index (κ2) is 10.5. The zero-order chi connectivity index (χ0) is 29.1. The van der Waals surface area contributed by atoms with E-state index in [2.05, 4.69) is 156 Å². The summed E-state index contributed by atoms with van der Waals surface area (Å²) in [5.74, 6) is 0. The highest BCUT2D eigenvalue weighted by Crippen LogP contribution is 2.81. The predicted molar refractivity (Wildman–Crippen MR) is 187 cm³/mol. The van der Waals surface area contributed by atoms with E-state index >= 15 is 0 Å². The molecule has 4 aromatic carbocycles. The fraction of sp³-hybridized carbons (Fsp3) is 0.200. The summed E-state index contributed by atoms with van der Waals surface area (Å²) >= 11 is 0. The van der Waals surface area contributed by atoms with Crippen LogP contribution in [0.4, 0.5) is 0 Å². The van der Waals surface area contributed by atoms with Crippen molar-refractivity contribution in [1.82, 2.24) is 0 Å². The Kier molecular flexibility index (Phi) is 6.85. The van der Waals surface area contributed by atoms with Gasteiger partial charge in [0.05, 0.1) is 0 Å². The molecule has 2 bridgehead atoms. The van der Waals surface area contributed by atoms with E-state index < -0.39 is 7.92 Å². The molecule has 0 nitrogen and oxygen atoms in total. The number of hydrogen-bond donors (Lipinski definition) is 0. The van der Waals surface area contributed by atoms with Crippen LogP contribution in [0.1, 0.15) is 56.9 Å². The van der Waals surface area contributed by atoms with Crippen LogP contribution in [0.25, 0.3) is 21.8 Å². The van der Waals surface area contributed by atoms with Crippen LogP contribution in [0, 0.1) is 10.8 Å². The molecule has 0 N–H and O–H groups in total. The maximum atomic E-state index is 2.53. The van der Waals surface area contributed by atoms with Gasteiger partial charge >= 0.3 is 0 Å². The molecular weight excluding hydrogens is 542 g/mol. The van der Waals surface area contributed by atoms with Crippen molar-refractivity contribution < 1.29 is 0 Å². The van der Waals surface area contributed by atoms with Crippen LogP contribution >= 0.6 is 16.5 Å². The smallest absolute Gasteiger partial charge is 0.0198 e. The molecule has 7 rings (SSSR count). The first kappa shape index (κ1) is 27.5. The topological polar surface area (TPSA) is 0 Å². The third-order valence-corrected chi connectivity index (χ3v) is 14.8. The molecule has 0 fully saturated rings. The molecule has 0 saturated heterocycles. The largest absolute Gasteiger partial charge is 0.0622 e. The summed E-state index contributed by atoms with van der Waals surface area (Å²) in [6, 6.07) is 44.7. The minimum atomic E-state index is -0.485. The SMILES string of the molecule is CC1=C(C2=C(C)C3(C)CP2C(c2ccccc2)=C3c2ccccc2)PC(c2ccccc2)=C(c2ccccc2)C1(C)C. The summed E-state index contributed by atoms with van der Waals surface area (Å²) < 4.78 is 0. The fourth-order valence-electron chi connectivity index (χ4n) is 7.37. The molecule has 3 heterocycles. The fourth-order valence-corrected chi connectivity index (χ4v) is 13.7. The Morgan fingerprint density at radius 1 is 0.500 bits per heavy atom. The third-order valence-electron chi connectivity index (χ3n) is 9.89. The third kappa shape index (κ3) is 4.19. The van der Waals surface area contributed by atoms with Crippen molar-refractivity contribution in [2.75, 3.05) is 6.16 Å². The van der Waals surface area contributed by atoms with E-state index in [0.29, 0.717) is 8.58 Å². The van der Waals surface area contributed by atoms with E-state index in [1.807, 2.05) is 0 Å². The van der Waals surface area contributed by atoms with Crippen LogP contribution in [-0.2, 0) is 0 Å². The van der Waals surface area contributed by atoms with Gasteiger partial charge in [0, 0.05) is 10.8 Å². The van der Waals surface area contributed by atoms with Gasteiger partial charge in [-0.05, 0) is 82.6 Å². The van der Waals surface area contributed by atoms with Gasteiger partial charge in [0.25, 0.3) is 0 Å². The van der Waals surface area contributed by atoms with Gasteiger partial charge in [0.1, 0.15) is 0 Å². The highest BCUT2D eigenvalue weighted by Gasteiger charge is 2.53. The molecule has 0 spiro atoms. The van der Waals surface area contributed by atoms with Crippen molar-refractivity contribution in [1.29, 1.82) is 0 Å². The molecule has 42 heavy (non-hydrogen) atoms. The van der Waals surface area contributed by atoms with Crippen molar-refractivity contribution >= 4 is 38.3 Å². The van der Waals surface area contributed by atoms with Crippen LogP contribution in [0.5, 0.6) is 0 Å². The lowest BCUT2D eigenvalue weighted by Crippen LogP contribution is -2.22. The van der Waals surface area contributed by atoms with Crippen LogP contribution in [-0.4, -0.2) is 6.16 Å². The van der Waals surface area contributed by atoms with Crippen LogP contribution in [0.15, 0.2) is 143 Å². The molecular formula is C40H38P2. The van der Waals surface area contributed by atoms with Gasteiger partial charge < -0.3 is 0 Å². The standard InChI is InChI=1S/C40H38P2/c1-27-35(41-36(31-22-14-8-15-23-31)33(39(27,3)4)29-18-10-6-11-19-29)37-28(2)40(5)26-42(37)38(32-24-16-9-17-25-32)34(40)30-20-12-7-13-21-30/h6-25,41H,26H2,1-5H3. The molecule has 4 aromatic rings. The van der Waals surface area contributed by atoms with E-state index in [1.165, 1.54) is 39.3 Å². The molecule has 3 aliphatic heterocycles. The summed E-state index contributed by atoms with van der Waals surface area (Å²) in [5.41, 5.74) is 11.6. The molecule has 3 atom stereocenters. The molecule has 3 aliphatic rings. The predicted octanol–water partition coefficient (Wildman–Crippen LogP) is 11.9. The summed E-state index contributed by atoms with van der Waals surface area (Å²) in [5, 5.41) is 6.40. The average Bonchev–Trinajstić information content (AvgIpc) is 3.47. The molecule has 208 valence electrons. The first-order valence-corrected chi connectivity index (χ1v) is 17.5. The van der Waals surface area contributed by atoms with Crippen LogP contribution < -0.4 is 0 Å². The molecule has 0 radical (unpaired) electrons. The average molecular weight is 581 g/mol. The Morgan fingerprint density at radius 3 is 1.48 bits per heavy atom. The van der Waals surface area contributed by atoms with Crippen LogP contribution in [0.3, 0.4) is 0 Å². The van der Waals surface area contributed by atoms with E-state index in [0.717, 1.165) is 0 Å². The minimum Gasteiger partial charge on any atom is -0.0622 e. The van der Waals surface area contributed by atoms with Crippen molar-refractivity contribution in [3.05, 3.63) is 165 Å². The Balaban J connectivity index is 1.44. The van der Waals surface area contributed by atoms with Crippen molar-refractivity contribution in [3.8, 4) is 0 Å². The van der Waals surface area contributed by atoms with Crippen molar-refractivity contribution in [2.45, 2.75) is 34.6 Å². The minimum absolute atomic E-state index is 0.0474. The van der Waals surface area contributed by atoms with E-state index in [1.54, 1.807) is 32.7 Å². The zero-order valence-corrected chi connectivity index (χ0v) is 27.1. The van der Waals surface area contributed by atoms with Crippen molar-refractivity contribution in [3.63, 3.8) is 0 Å². The lowest BCUT2D eigenvalue weighted by molar-refractivity contribution is 0.599. The first-order chi connectivity index (χ1) is 20.3. The van der Waals surface area contributed by atoms with Gasteiger partial charge in [-0.1, -0.05) is 162 Å². The molecule has 0 saturated carbocycles. The van der Waals surface area contributed by atoms with Gasteiger partial charge in [-0.25, -0.2) is 0 Å². The number of hydrogen-bond acceptors (Lipinski definition) is 0. The summed E-state index contributed by atoms with van der Waals surface area (Å²) in [6.45, 7) is 12.3. The lowest BCUT2D eigenvalue weighted by atomic mass is 9.72. The van der Waals surface area contributed by atoms with Gasteiger partial charge in [-0.15, -0.1) is 0 Å². The van der Waals surface area contributed by atoms with Gasteiger partial charge in [-0.2, -0.15) is 0 Å². The number of fused-ring (bicyclic) bond motifs is 2. The molecule has 3 unspecified atom stereocenters. The Hall–Kier alpha value is -3.30. The van der Waals surface area contributed by atoms with Gasteiger partial charge in [0.2, 0.25) is 0 Å². The molecule has 0 aromatic heterocycles. The summed E-state index contributed by atoms with van der Waals surface area (Å²) in [7, 11) is 0.147. The Morgan fingerprint density at radius 2 is 0.952 bits per heavy atom. The maximum absolute atomic E-state index is 2.53. The zero-order valence-electron chi connectivity index (χ0n) is 25.2. The highest BCUT2D eigenvalue weighted by molar-refractivity contribution is 7.75. The van der Waals surface area contributed by atoms with E-state index in [9.17, 15) is 0 Å². The van der Waals surface area contributed by atoms with Gasteiger partial charge in [0.15, 0.2) is 0 Å². The van der Waals surface area contributed by atoms with Crippen LogP contribution in [0.2, 0.25) is 0 Å². The second-order valence-electron chi connectivity index (χ2n) is 12.6. The van der Waals surface area contributed by atoms with E-state index in [4.69, 9.17) is 0 Å². The summed E-state index contributed by atoms with van der Waals surface area (Å²) in [6.07, 6.45) is 1.22. The molecule has 0 amide bonds. The highest BCUT2D eigenvalue weighted by atomic mass is 31.1. The number of rotatable bonds is 5. The Labute approximate surface area is 254 Å².